The van der Waals surface area contributed by atoms with Gasteiger partial charge in [-0.15, -0.1) is 0 Å². The van der Waals surface area contributed by atoms with Crippen LogP contribution in [0.3, 0.4) is 0 Å². The van der Waals surface area contributed by atoms with Crippen LogP contribution in [0.2, 0.25) is 0 Å². The highest BCUT2D eigenvalue weighted by Crippen LogP contribution is 2.32. The maximum absolute atomic E-state index is 13.8. The largest absolute Gasteiger partial charge is 0.378 e. The van der Waals surface area contributed by atoms with Crippen LogP contribution in [0, 0.1) is 11.7 Å². The zero-order valence-corrected chi connectivity index (χ0v) is 11.9. The molecule has 1 saturated heterocycles. The normalized spacial score (nSPS) is 26.5. The Morgan fingerprint density at radius 2 is 2.20 bits per heavy atom. The lowest BCUT2D eigenvalue weighted by molar-refractivity contribution is -0.128. The van der Waals surface area contributed by atoms with E-state index < -0.39 is 11.4 Å². The lowest BCUT2D eigenvalue weighted by Crippen LogP contribution is -2.56. The summed E-state index contributed by atoms with van der Waals surface area (Å²) < 4.78 is 19.5. The maximum Gasteiger partial charge on any atom is 0.243 e. The number of anilines is 1. The molecule has 1 amide bonds. The van der Waals surface area contributed by atoms with E-state index in [1.54, 1.807) is 18.2 Å². The molecular weight excluding hydrogens is 259 g/mol. The lowest BCUT2D eigenvalue weighted by Gasteiger charge is -2.41. The van der Waals surface area contributed by atoms with Crippen LogP contribution in [0.5, 0.6) is 0 Å². The molecule has 1 fully saturated rings. The fraction of sp³-hybridized carbons (Fsp3) is 0.533. The van der Waals surface area contributed by atoms with E-state index in [0.717, 1.165) is 0 Å². The number of nitrogens with two attached hydrogens (primary N) is 1. The Morgan fingerprint density at radius 3 is 2.80 bits per heavy atom. The Balaban J connectivity index is 2.26. The predicted octanol–water partition coefficient (Wildman–Crippen LogP) is 2.30. The minimum atomic E-state index is -0.949. The van der Waals surface area contributed by atoms with E-state index in [4.69, 9.17) is 10.5 Å². The van der Waals surface area contributed by atoms with Crippen molar-refractivity contribution in [1.29, 1.82) is 0 Å². The summed E-state index contributed by atoms with van der Waals surface area (Å²) in [6, 6.07) is 6.30. The third-order valence-electron chi connectivity index (χ3n) is 3.87. The summed E-state index contributed by atoms with van der Waals surface area (Å²) in [5.41, 5.74) is 4.94. The molecule has 1 aliphatic rings. The van der Waals surface area contributed by atoms with E-state index in [2.05, 4.69) is 5.32 Å². The molecule has 0 spiro atoms. The second-order valence-electron chi connectivity index (χ2n) is 5.66. The van der Waals surface area contributed by atoms with Crippen molar-refractivity contribution in [3.63, 3.8) is 0 Å². The first-order chi connectivity index (χ1) is 9.44. The Morgan fingerprint density at radius 1 is 1.50 bits per heavy atom. The van der Waals surface area contributed by atoms with Crippen LogP contribution >= 0.6 is 0 Å². The number of hydrogen-bond acceptors (Lipinski definition) is 3. The van der Waals surface area contributed by atoms with E-state index >= 15 is 0 Å². The molecular formula is C15H21FN2O2. The van der Waals surface area contributed by atoms with E-state index in [0.29, 0.717) is 25.1 Å². The molecule has 3 N–H and O–H groups in total. The maximum atomic E-state index is 13.8. The number of halogens is 1. The molecule has 0 bridgehead atoms. The van der Waals surface area contributed by atoms with Crippen molar-refractivity contribution in [2.45, 2.75) is 38.3 Å². The topological polar surface area (TPSA) is 64.3 Å². The van der Waals surface area contributed by atoms with Gasteiger partial charge < -0.3 is 15.8 Å². The third kappa shape index (κ3) is 2.93. The van der Waals surface area contributed by atoms with Crippen LogP contribution in [0.25, 0.3) is 0 Å². The highest BCUT2D eigenvalue weighted by Gasteiger charge is 2.43. The quantitative estimate of drug-likeness (QED) is 0.889. The van der Waals surface area contributed by atoms with Crippen molar-refractivity contribution in [2.24, 2.45) is 11.7 Å². The van der Waals surface area contributed by atoms with E-state index in [1.165, 1.54) is 6.07 Å². The monoisotopic (exact) mass is 280 g/mol. The zero-order chi connectivity index (χ0) is 14.8. The number of nitrogens with one attached hydrogen (secondary N) is 1. The van der Waals surface area contributed by atoms with Gasteiger partial charge in [0.05, 0.1) is 11.8 Å². The Labute approximate surface area is 118 Å². The number of primary amides is 1. The number of carbonyl (C=O) groups excluding carboxylic acids is 1. The molecule has 5 heteroatoms. The van der Waals surface area contributed by atoms with E-state index in [9.17, 15) is 9.18 Å². The van der Waals surface area contributed by atoms with Gasteiger partial charge in [0.2, 0.25) is 5.91 Å². The van der Waals surface area contributed by atoms with Gasteiger partial charge in [-0.3, -0.25) is 4.79 Å². The zero-order valence-electron chi connectivity index (χ0n) is 11.9. The molecule has 0 saturated carbocycles. The van der Waals surface area contributed by atoms with Crippen LogP contribution in [-0.2, 0) is 9.53 Å². The molecule has 2 rings (SSSR count). The number of amides is 1. The van der Waals surface area contributed by atoms with Gasteiger partial charge in [-0.2, -0.15) is 0 Å². The number of benzene rings is 1. The van der Waals surface area contributed by atoms with Crippen molar-refractivity contribution < 1.29 is 13.9 Å². The van der Waals surface area contributed by atoms with Gasteiger partial charge in [0.1, 0.15) is 11.4 Å². The fourth-order valence-corrected chi connectivity index (χ4v) is 2.54. The van der Waals surface area contributed by atoms with Crippen LogP contribution in [-0.4, -0.2) is 24.2 Å². The number of carbonyl (C=O) groups is 1. The average Bonchev–Trinajstić information content (AvgIpc) is 2.41. The van der Waals surface area contributed by atoms with Crippen molar-refractivity contribution >= 4 is 11.6 Å². The smallest absolute Gasteiger partial charge is 0.243 e. The number of para-hydroxylation sites is 1. The Hall–Kier alpha value is -1.62. The van der Waals surface area contributed by atoms with E-state index in [1.807, 2.05) is 13.8 Å². The van der Waals surface area contributed by atoms with Gasteiger partial charge in [-0.1, -0.05) is 26.0 Å². The highest BCUT2D eigenvalue weighted by atomic mass is 19.1. The molecule has 1 aliphatic heterocycles. The number of rotatable bonds is 4. The minimum Gasteiger partial charge on any atom is -0.378 e. The van der Waals surface area contributed by atoms with Crippen LogP contribution in [0.15, 0.2) is 24.3 Å². The van der Waals surface area contributed by atoms with Crippen LogP contribution in [0.4, 0.5) is 10.1 Å². The van der Waals surface area contributed by atoms with Crippen LogP contribution < -0.4 is 11.1 Å². The predicted molar refractivity (Wildman–Crippen MR) is 75.8 cm³/mol. The molecule has 0 radical (unpaired) electrons. The van der Waals surface area contributed by atoms with Crippen molar-refractivity contribution in [3.05, 3.63) is 30.1 Å². The summed E-state index contributed by atoms with van der Waals surface area (Å²) in [6.07, 6.45) is 0.837. The standard InChI is InChI=1S/C15H21FN2O2/c1-10(2)13-9-15(14(17)19,7-8-20-13)18-12-6-4-3-5-11(12)16/h3-6,10,13,18H,7-9H2,1-2H3,(H2,17,19). The van der Waals surface area contributed by atoms with Gasteiger partial charge in [0.15, 0.2) is 0 Å². The van der Waals surface area contributed by atoms with Gasteiger partial charge in [-0.05, 0) is 18.1 Å². The SMILES string of the molecule is CC(C)C1CC(Nc2ccccc2F)(C(N)=O)CCO1. The van der Waals surface area contributed by atoms with Crippen LogP contribution in [0.1, 0.15) is 26.7 Å². The second kappa shape index (κ2) is 5.79. The molecule has 2 atom stereocenters. The molecule has 2 unspecified atom stereocenters. The first kappa shape index (κ1) is 14.8. The Kier molecular flexibility index (Phi) is 4.28. The summed E-state index contributed by atoms with van der Waals surface area (Å²) in [7, 11) is 0. The number of hydrogen-bond donors (Lipinski definition) is 2. The van der Waals surface area contributed by atoms with Crippen molar-refractivity contribution in [1.82, 2.24) is 0 Å². The van der Waals surface area contributed by atoms with Gasteiger partial charge in [0.25, 0.3) is 0 Å². The summed E-state index contributed by atoms with van der Waals surface area (Å²) >= 11 is 0. The van der Waals surface area contributed by atoms with Gasteiger partial charge in [0, 0.05) is 19.4 Å². The summed E-state index contributed by atoms with van der Waals surface area (Å²) in [4.78, 5) is 11.9. The number of ether oxygens (including phenoxy) is 1. The average molecular weight is 280 g/mol. The molecule has 20 heavy (non-hydrogen) atoms. The first-order valence-corrected chi connectivity index (χ1v) is 6.89. The first-order valence-electron chi connectivity index (χ1n) is 6.89. The van der Waals surface area contributed by atoms with Crippen molar-refractivity contribution in [3.8, 4) is 0 Å². The van der Waals surface area contributed by atoms with Gasteiger partial charge in [-0.25, -0.2) is 4.39 Å². The molecule has 1 aromatic carbocycles. The fourth-order valence-electron chi connectivity index (χ4n) is 2.54. The summed E-state index contributed by atoms with van der Waals surface area (Å²) in [5.74, 6) is -0.577. The minimum absolute atomic E-state index is 0.0597. The molecule has 0 aromatic heterocycles. The highest BCUT2D eigenvalue weighted by molar-refractivity contribution is 5.88. The molecule has 1 aromatic rings. The van der Waals surface area contributed by atoms with Gasteiger partial charge >= 0.3 is 0 Å². The second-order valence-corrected chi connectivity index (χ2v) is 5.66. The van der Waals surface area contributed by atoms with E-state index in [-0.39, 0.29) is 17.8 Å². The summed E-state index contributed by atoms with van der Waals surface area (Å²) in [5, 5.41) is 3.02. The Bertz CT molecular complexity index is 493. The molecule has 4 nitrogen and oxygen atoms in total. The molecule has 1 heterocycles. The lowest BCUT2D eigenvalue weighted by atomic mass is 9.82. The third-order valence-corrected chi connectivity index (χ3v) is 3.87. The van der Waals surface area contributed by atoms with Crippen molar-refractivity contribution in [2.75, 3.05) is 11.9 Å². The molecule has 0 aliphatic carbocycles. The summed E-state index contributed by atoms with van der Waals surface area (Å²) in [6.45, 7) is 4.50. The molecule has 110 valence electrons.